The van der Waals surface area contributed by atoms with Gasteiger partial charge in [-0.2, -0.15) is 0 Å². The highest BCUT2D eigenvalue weighted by Crippen LogP contribution is 2.29. The minimum atomic E-state index is 0.915. The molecule has 0 fully saturated rings. The van der Waals surface area contributed by atoms with Gasteiger partial charge in [-0.05, 0) is 31.3 Å². The van der Waals surface area contributed by atoms with E-state index in [1.807, 2.05) is 18.2 Å². The highest BCUT2D eigenvalue weighted by Gasteiger charge is 2.04. The Morgan fingerprint density at radius 2 is 1.61 bits per heavy atom. The van der Waals surface area contributed by atoms with Gasteiger partial charge in [0, 0.05) is 12.1 Å². The molecular formula is C16H19NO. The summed E-state index contributed by atoms with van der Waals surface area (Å²) in [4.78, 5) is 2.16. The maximum absolute atomic E-state index is 5.39. The second-order valence-corrected chi connectivity index (χ2v) is 4.63. The van der Waals surface area contributed by atoms with Crippen molar-refractivity contribution in [3.63, 3.8) is 0 Å². The van der Waals surface area contributed by atoms with Gasteiger partial charge >= 0.3 is 0 Å². The van der Waals surface area contributed by atoms with Crippen LogP contribution in [0.25, 0.3) is 11.1 Å². The average molecular weight is 241 g/mol. The van der Waals surface area contributed by atoms with Crippen molar-refractivity contribution >= 4 is 0 Å². The predicted octanol–water partition coefficient (Wildman–Crippen LogP) is 3.42. The number of hydrogen-bond donors (Lipinski definition) is 0. The van der Waals surface area contributed by atoms with Gasteiger partial charge in [0.05, 0.1) is 7.11 Å². The Kier molecular flexibility index (Phi) is 4.00. The Morgan fingerprint density at radius 1 is 0.944 bits per heavy atom. The van der Waals surface area contributed by atoms with Crippen molar-refractivity contribution in [3.8, 4) is 16.9 Å². The van der Waals surface area contributed by atoms with Crippen molar-refractivity contribution in [3.05, 3.63) is 54.1 Å². The van der Waals surface area contributed by atoms with E-state index in [-0.39, 0.29) is 0 Å². The van der Waals surface area contributed by atoms with E-state index in [0.717, 1.165) is 17.9 Å². The highest BCUT2D eigenvalue weighted by atomic mass is 16.5. The molecule has 0 radical (unpaired) electrons. The lowest BCUT2D eigenvalue weighted by molar-refractivity contribution is 0.402. The molecule has 0 unspecified atom stereocenters. The van der Waals surface area contributed by atoms with Gasteiger partial charge in [0.2, 0.25) is 0 Å². The first-order valence-corrected chi connectivity index (χ1v) is 6.08. The van der Waals surface area contributed by atoms with Crippen LogP contribution >= 0.6 is 0 Å². The van der Waals surface area contributed by atoms with Crippen LogP contribution in [0.15, 0.2) is 48.5 Å². The quantitative estimate of drug-likeness (QED) is 0.813. The van der Waals surface area contributed by atoms with E-state index < -0.39 is 0 Å². The van der Waals surface area contributed by atoms with Gasteiger partial charge in [-0.3, -0.25) is 0 Å². The average Bonchev–Trinajstić information content (AvgIpc) is 2.39. The van der Waals surface area contributed by atoms with Crippen LogP contribution in [0.5, 0.6) is 5.75 Å². The van der Waals surface area contributed by atoms with E-state index >= 15 is 0 Å². The number of methoxy groups -OCH3 is 1. The van der Waals surface area contributed by atoms with Gasteiger partial charge in [-0.25, -0.2) is 0 Å². The molecule has 18 heavy (non-hydrogen) atoms. The third-order valence-electron chi connectivity index (χ3n) is 2.87. The molecule has 0 atom stereocenters. The number of benzene rings is 2. The summed E-state index contributed by atoms with van der Waals surface area (Å²) in [6.07, 6.45) is 0. The largest absolute Gasteiger partial charge is 0.496 e. The molecule has 2 rings (SSSR count). The Hall–Kier alpha value is -1.80. The maximum atomic E-state index is 5.39. The van der Waals surface area contributed by atoms with E-state index in [1.54, 1.807) is 7.11 Å². The molecule has 2 aromatic rings. The third kappa shape index (κ3) is 2.90. The van der Waals surface area contributed by atoms with Crippen LogP contribution in [0, 0.1) is 0 Å². The molecular weight excluding hydrogens is 222 g/mol. The minimum Gasteiger partial charge on any atom is -0.496 e. The van der Waals surface area contributed by atoms with Crippen LogP contribution in [0.2, 0.25) is 0 Å². The molecule has 0 aromatic heterocycles. The summed E-state index contributed by atoms with van der Waals surface area (Å²) in [5.74, 6) is 0.915. The minimum absolute atomic E-state index is 0.915. The van der Waals surface area contributed by atoms with Crippen molar-refractivity contribution in [2.24, 2.45) is 0 Å². The Morgan fingerprint density at radius 3 is 2.22 bits per heavy atom. The Bertz CT molecular complexity index is 503. The standard InChI is InChI=1S/C16H19NO/c1-17(2)12-13-8-10-14(11-9-13)15-6-4-5-7-16(15)18-3/h4-11H,12H2,1-3H3. The Labute approximate surface area is 109 Å². The normalized spacial score (nSPS) is 10.7. The lowest BCUT2D eigenvalue weighted by Crippen LogP contribution is -2.10. The first kappa shape index (κ1) is 12.7. The maximum Gasteiger partial charge on any atom is 0.126 e. The van der Waals surface area contributed by atoms with E-state index in [1.165, 1.54) is 11.1 Å². The summed E-state index contributed by atoms with van der Waals surface area (Å²) >= 11 is 0. The molecule has 0 aliphatic heterocycles. The van der Waals surface area contributed by atoms with E-state index in [0.29, 0.717) is 0 Å². The zero-order valence-electron chi connectivity index (χ0n) is 11.2. The van der Waals surface area contributed by atoms with Gasteiger partial charge in [0.25, 0.3) is 0 Å². The molecule has 2 aromatic carbocycles. The summed E-state index contributed by atoms with van der Waals surface area (Å²) in [7, 11) is 5.86. The molecule has 2 nitrogen and oxygen atoms in total. The predicted molar refractivity (Wildman–Crippen MR) is 75.8 cm³/mol. The van der Waals surface area contributed by atoms with Crippen molar-refractivity contribution in [1.82, 2.24) is 4.90 Å². The fourth-order valence-corrected chi connectivity index (χ4v) is 2.04. The molecule has 0 heterocycles. The van der Waals surface area contributed by atoms with Crippen molar-refractivity contribution in [1.29, 1.82) is 0 Å². The molecule has 0 N–H and O–H groups in total. The summed E-state index contributed by atoms with van der Waals surface area (Å²) in [5.41, 5.74) is 3.64. The van der Waals surface area contributed by atoms with Crippen LogP contribution < -0.4 is 4.74 Å². The van der Waals surface area contributed by atoms with Gasteiger partial charge in [0.1, 0.15) is 5.75 Å². The van der Waals surface area contributed by atoms with Gasteiger partial charge in [0.15, 0.2) is 0 Å². The third-order valence-corrected chi connectivity index (χ3v) is 2.87. The van der Waals surface area contributed by atoms with Crippen LogP contribution in [-0.2, 0) is 6.54 Å². The zero-order chi connectivity index (χ0) is 13.0. The summed E-state index contributed by atoms with van der Waals surface area (Å²) in [5, 5.41) is 0. The first-order chi connectivity index (χ1) is 8.70. The topological polar surface area (TPSA) is 12.5 Å². The van der Waals surface area contributed by atoms with Gasteiger partial charge in [-0.15, -0.1) is 0 Å². The number of ether oxygens (including phenoxy) is 1. The number of rotatable bonds is 4. The first-order valence-electron chi connectivity index (χ1n) is 6.08. The Balaban J connectivity index is 2.28. The summed E-state index contributed by atoms with van der Waals surface area (Å²) < 4.78 is 5.39. The second kappa shape index (κ2) is 5.69. The van der Waals surface area contributed by atoms with E-state index in [9.17, 15) is 0 Å². The number of hydrogen-bond acceptors (Lipinski definition) is 2. The van der Waals surface area contributed by atoms with Crippen molar-refractivity contribution < 1.29 is 4.74 Å². The molecule has 0 bridgehead atoms. The molecule has 0 aliphatic carbocycles. The van der Waals surface area contributed by atoms with Gasteiger partial charge in [-0.1, -0.05) is 42.5 Å². The number of nitrogens with zero attached hydrogens (tertiary/aromatic N) is 1. The van der Waals surface area contributed by atoms with Crippen LogP contribution in [0.3, 0.4) is 0 Å². The van der Waals surface area contributed by atoms with Crippen LogP contribution in [0.1, 0.15) is 5.56 Å². The number of para-hydroxylation sites is 1. The second-order valence-electron chi connectivity index (χ2n) is 4.63. The zero-order valence-corrected chi connectivity index (χ0v) is 11.2. The molecule has 0 saturated carbocycles. The van der Waals surface area contributed by atoms with Crippen LogP contribution in [0.4, 0.5) is 0 Å². The van der Waals surface area contributed by atoms with Crippen molar-refractivity contribution in [2.45, 2.75) is 6.54 Å². The molecule has 94 valence electrons. The van der Waals surface area contributed by atoms with Crippen molar-refractivity contribution in [2.75, 3.05) is 21.2 Å². The lowest BCUT2D eigenvalue weighted by Gasteiger charge is -2.11. The van der Waals surface area contributed by atoms with Crippen LogP contribution in [-0.4, -0.2) is 26.1 Å². The summed E-state index contributed by atoms with van der Waals surface area (Å²) in [6, 6.07) is 16.7. The smallest absolute Gasteiger partial charge is 0.126 e. The molecule has 0 spiro atoms. The highest BCUT2D eigenvalue weighted by molar-refractivity contribution is 5.70. The monoisotopic (exact) mass is 241 g/mol. The fourth-order valence-electron chi connectivity index (χ4n) is 2.04. The molecule has 2 heteroatoms. The molecule has 0 saturated heterocycles. The van der Waals surface area contributed by atoms with Gasteiger partial charge < -0.3 is 9.64 Å². The van der Waals surface area contributed by atoms with E-state index in [4.69, 9.17) is 4.74 Å². The molecule has 0 amide bonds. The summed E-state index contributed by atoms with van der Waals surface area (Å²) in [6.45, 7) is 0.964. The van der Waals surface area contributed by atoms with E-state index in [2.05, 4.69) is 49.3 Å². The fraction of sp³-hybridized carbons (Fsp3) is 0.250. The SMILES string of the molecule is COc1ccccc1-c1ccc(CN(C)C)cc1. The molecule has 0 aliphatic rings. The lowest BCUT2D eigenvalue weighted by atomic mass is 10.0.